The van der Waals surface area contributed by atoms with E-state index in [2.05, 4.69) is 5.32 Å². The molecule has 18 heavy (non-hydrogen) atoms. The predicted molar refractivity (Wildman–Crippen MR) is 74.2 cm³/mol. The second-order valence-electron chi connectivity index (χ2n) is 5.76. The summed E-state index contributed by atoms with van der Waals surface area (Å²) in [5.74, 6) is 0.239. The zero-order valence-electron chi connectivity index (χ0n) is 12.5. The van der Waals surface area contributed by atoms with Gasteiger partial charge in [-0.05, 0) is 25.7 Å². The summed E-state index contributed by atoms with van der Waals surface area (Å²) >= 11 is 0. The van der Waals surface area contributed by atoms with Crippen LogP contribution in [0.2, 0.25) is 0 Å². The number of amides is 2. The Bertz CT molecular complexity index is 265. The number of hydrogen-bond acceptors (Lipinski definition) is 2. The maximum absolute atomic E-state index is 11.7. The van der Waals surface area contributed by atoms with Crippen LogP contribution in [0.25, 0.3) is 0 Å². The van der Waals surface area contributed by atoms with Crippen LogP contribution in [0.15, 0.2) is 0 Å². The molecule has 4 heteroatoms. The van der Waals surface area contributed by atoms with Crippen LogP contribution in [0.1, 0.15) is 53.9 Å². The highest BCUT2D eigenvalue weighted by atomic mass is 16.2. The Hall–Kier alpha value is -1.06. The molecule has 0 aliphatic carbocycles. The Balaban J connectivity index is 3.74. The summed E-state index contributed by atoms with van der Waals surface area (Å²) in [5, 5.41) is 2.86. The average Bonchev–Trinajstić information content (AvgIpc) is 2.23. The Morgan fingerprint density at radius 1 is 1.11 bits per heavy atom. The fourth-order valence-electron chi connectivity index (χ4n) is 1.75. The molecule has 0 aromatic rings. The second kappa shape index (κ2) is 8.11. The standard InChI is InChI=1S/C14H28N2O2/c1-6-16(7-2)13(18)9-8-10-15-12(17)11-14(3,4)5/h6-11H2,1-5H3,(H,15,17). The van der Waals surface area contributed by atoms with Gasteiger partial charge in [0.15, 0.2) is 0 Å². The van der Waals surface area contributed by atoms with Crippen LogP contribution < -0.4 is 5.32 Å². The lowest BCUT2D eigenvalue weighted by Crippen LogP contribution is -2.32. The maximum Gasteiger partial charge on any atom is 0.222 e. The molecule has 0 aromatic heterocycles. The van der Waals surface area contributed by atoms with E-state index in [9.17, 15) is 9.59 Å². The Morgan fingerprint density at radius 3 is 2.11 bits per heavy atom. The third-order valence-electron chi connectivity index (χ3n) is 2.70. The van der Waals surface area contributed by atoms with Gasteiger partial charge in [0.25, 0.3) is 0 Å². The van der Waals surface area contributed by atoms with Gasteiger partial charge in [-0.3, -0.25) is 9.59 Å². The predicted octanol–water partition coefficient (Wildman–Crippen LogP) is 2.19. The molecule has 0 aromatic carbocycles. The minimum Gasteiger partial charge on any atom is -0.356 e. The molecule has 0 aliphatic rings. The first-order valence-corrected chi connectivity index (χ1v) is 6.84. The van der Waals surface area contributed by atoms with Gasteiger partial charge in [0.1, 0.15) is 0 Å². The molecule has 0 saturated heterocycles. The van der Waals surface area contributed by atoms with Crippen LogP contribution in [-0.4, -0.2) is 36.3 Å². The van der Waals surface area contributed by atoms with Crippen LogP contribution >= 0.6 is 0 Å². The summed E-state index contributed by atoms with van der Waals surface area (Å²) in [4.78, 5) is 25.1. The van der Waals surface area contributed by atoms with E-state index in [-0.39, 0.29) is 17.2 Å². The van der Waals surface area contributed by atoms with Crippen molar-refractivity contribution in [3.63, 3.8) is 0 Å². The van der Waals surface area contributed by atoms with E-state index in [0.29, 0.717) is 25.8 Å². The summed E-state index contributed by atoms with van der Waals surface area (Å²) in [6, 6.07) is 0. The van der Waals surface area contributed by atoms with Gasteiger partial charge in [0.05, 0.1) is 0 Å². The zero-order chi connectivity index (χ0) is 14.2. The molecule has 4 nitrogen and oxygen atoms in total. The molecular formula is C14H28N2O2. The van der Waals surface area contributed by atoms with Gasteiger partial charge in [-0.15, -0.1) is 0 Å². The molecule has 0 spiro atoms. The molecule has 0 bridgehead atoms. The number of hydrogen-bond donors (Lipinski definition) is 1. The van der Waals surface area contributed by atoms with Crippen LogP contribution in [0, 0.1) is 5.41 Å². The quantitative estimate of drug-likeness (QED) is 0.710. The van der Waals surface area contributed by atoms with E-state index in [4.69, 9.17) is 0 Å². The minimum absolute atomic E-state index is 0.0150. The van der Waals surface area contributed by atoms with Crippen molar-refractivity contribution in [1.29, 1.82) is 0 Å². The summed E-state index contributed by atoms with van der Waals surface area (Å²) in [5.41, 5.74) is 0.0150. The Labute approximate surface area is 111 Å². The molecule has 0 saturated carbocycles. The number of nitrogens with zero attached hydrogens (tertiary/aromatic N) is 1. The van der Waals surface area contributed by atoms with Gasteiger partial charge in [-0.1, -0.05) is 20.8 Å². The zero-order valence-corrected chi connectivity index (χ0v) is 12.5. The topological polar surface area (TPSA) is 49.4 Å². The van der Waals surface area contributed by atoms with E-state index >= 15 is 0 Å². The molecule has 0 rings (SSSR count). The smallest absolute Gasteiger partial charge is 0.222 e. The summed E-state index contributed by atoms with van der Waals surface area (Å²) < 4.78 is 0. The largest absolute Gasteiger partial charge is 0.356 e. The van der Waals surface area contributed by atoms with Crippen molar-refractivity contribution < 1.29 is 9.59 Å². The van der Waals surface area contributed by atoms with E-state index in [0.717, 1.165) is 13.1 Å². The first-order chi connectivity index (χ1) is 8.30. The molecule has 2 amide bonds. The number of carbonyl (C=O) groups excluding carboxylic acids is 2. The van der Waals surface area contributed by atoms with Crippen molar-refractivity contribution >= 4 is 11.8 Å². The average molecular weight is 256 g/mol. The van der Waals surface area contributed by atoms with Crippen LogP contribution in [0.4, 0.5) is 0 Å². The SMILES string of the molecule is CCN(CC)C(=O)CCCNC(=O)CC(C)(C)C. The lowest BCUT2D eigenvalue weighted by Gasteiger charge is -2.19. The molecule has 0 unspecified atom stereocenters. The van der Waals surface area contributed by atoms with E-state index in [1.165, 1.54) is 0 Å². The van der Waals surface area contributed by atoms with Crippen molar-refractivity contribution in [3.8, 4) is 0 Å². The molecule has 0 fully saturated rings. The normalized spacial score (nSPS) is 11.2. The van der Waals surface area contributed by atoms with Crippen molar-refractivity contribution in [2.45, 2.75) is 53.9 Å². The Kier molecular flexibility index (Phi) is 7.64. The minimum atomic E-state index is 0.0150. The van der Waals surface area contributed by atoms with Crippen LogP contribution in [-0.2, 0) is 9.59 Å². The summed E-state index contributed by atoms with van der Waals surface area (Å²) in [7, 11) is 0. The lowest BCUT2D eigenvalue weighted by atomic mass is 9.92. The molecule has 106 valence electrons. The van der Waals surface area contributed by atoms with Gasteiger partial charge >= 0.3 is 0 Å². The third kappa shape index (κ3) is 8.09. The summed E-state index contributed by atoms with van der Waals surface area (Å²) in [6.45, 7) is 12.2. The number of nitrogens with one attached hydrogen (secondary N) is 1. The highest BCUT2D eigenvalue weighted by molar-refractivity contribution is 5.77. The lowest BCUT2D eigenvalue weighted by molar-refractivity contribution is -0.131. The van der Waals surface area contributed by atoms with E-state index < -0.39 is 0 Å². The second-order valence-corrected chi connectivity index (χ2v) is 5.76. The van der Waals surface area contributed by atoms with Crippen LogP contribution in [0.3, 0.4) is 0 Å². The Morgan fingerprint density at radius 2 is 1.67 bits per heavy atom. The number of carbonyl (C=O) groups is 2. The van der Waals surface area contributed by atoms with Crippen LogP contribution in [0.5, 0.6) is 0 Å². The van der Waals surface area contributed by atoms with E-state index in [1.54, 1.807) is 0 Å². The van der Waals surface area contributed by atoms with Gasteiger partial charge in [-0.25, -0.2) is 0 Å². The monoisotopic (exact) mass is 256 g/mol. The molecule has 0 aliphatic heterocycles. The highest BCUT2D eigenvalue weighted by Crippen LogP contribution is 2.17. The molecule has 0 heterocycles. The molecule has 0 radical (unpaired) electrons. The molecule has 1 N–H and O–H groups in total. The third-order valence-corrected chi connectivity index (χ3v) is 2.70. The van der Waals surface area contributed by atoms with Crippen molar-refractivity contribution in [2.75, 3.05) is 19.6 Å². The van der Waals surface area contributed by atoms with Gasteiger partial charge in [-0.2, -0.15) is 0 Å². The first kappa shape index (κ1) is 16.9. The van der Waals surface area contributed by atoms with Crippen molar-refractivity contribution in [3.05, 3.63) is 0 Å². The van der Waals surface area contributed by atoms with Gasteiger partial charge in [0, 0.05) is 32.5 Å². The van der Waals surface area contributed by atoms with Crippen molar-refractivity contribution in [1.82, 2.24) is 10.2 Å². The van der Waals surface area contributed by atoms with Gasteiger partial charge < -0.3 is 10.2 Å². The summed E-state index contributed by atoms with van der Waals surface area (Å²) in [6.07, 6.45) is 1.75. The van der Waals surface area contributed by atoms with Crippen molar-refractivity contribution in [2.24, 2.45) is 5.41 Å². The van der Waals surface area contributed by atoms with E-state index in [1.807, 2.05) is 39.5 Å². The fourth-order valence-corrected chi connectivity index (χ4v) is 1.75. The fraction of sp³-hybridized carbons (Fsp3) is 0.857. The van der Waals surface area contributed by atoms with Gasteiger partial charge in [0.2, 0.25) is 11.8 Å². The highest BCUT2D eigenvalue weighted by Gasteiger charge is 2.15. The first-order valence-electron chi connectivity index (χ1n) is 6.84. The maximum atomic E-state index is 11.7. The molecular weight excluding hydrogens is 228 g/mol. The number of rotatable bonds is 7. The molecule has 0 atom stereocenters.